The second-order valence-corrected chi connectivity index (χ2v) is 6.68. The van der Waals surface area contributed by atoms with Gasteiger partial charge in [-0.2, -0.15) is 0 Å². The molecule has 1 aliphatic rings. The van der Waals surface area contributed by atoms with Crippen LogP contribution < -0.4 is 5.32 Å². The fraction of sp³-hybridized carbons (Fsp3) is 0.600. The van der Waals surface area contributed by atoms with Crippen molar-refractivity contribution in [2.45, 2.75) is 33.1 Å². The molecule has 0 radical (unpaired) electrons. The van der Waals surface area contributed by atoms with Crippen molar-refractivity contribution in [2.75, 3.05) is 39.8 Å². The third-order valence-electron chi connectivity index (χ3n) is 5.13. The van der Waals surface area contributed by atoms with Crippen LogP contribution in [0.3, 0.4) is 0 Å². The van der Waals surface area contributed by atoms with Gasteiger partial charge in [-0.15, -0.1) is 0 Å². The van der Waals surface area contributed by atoms with Gasteiger partial charge in [0.05, 0.1) is 0 Å². The van der Waals surface area contributed by atoms with Gasteiger partial charge >= 0.3 is 0 Å². The van der Waals surface area contributed by atoms with E-state index in [-0.39, 0.29) is 11.8 Å². The van der Waals surface area contributed by atoms with E-state index in [9.17, 15) is 9.59 Å². The van der Waals surface area contributed by atoms with Gasteiger partial charge in [-0.1, -0.05) is 0 Å². The minimum atomic E-state index is 0.0225. The summed E-state index contributed by atoms with van der Waals surface area (Å²) in [5.41, 5.74) is 1.32. The summed E-state index contributed by atoms with van der Waals surface area (Å²) in [5.74, 6) is 0.814. The average molecular weight is 345 g/mol. The summed E-state index contributed by atoms with van der Waals surface area (Å²) >= 11 is 0. The largest absolute Gasteiger partial charge is 0.339 e. The summed E-state index contributed by atoms with van der Waals surface area (Å²) in [6.07, 6.45) is 3.33. The predicted octanol–water partition coefficient (Wildman–Crippen LogP) is 2.63. The number of amides is 2. The van der Waals surface area contributed by atoms with Crippen LogP contribution in [0.5, 0.6) is 0 Å². The van der Waals surface area contributed by atoms with Crippen LogP contribution in [0.1, 0.15) is 53.8 Å². The molecule has 138 valence electrons. The van der Waals surface area contributed by atoms with E-state index in [1.165, 1.54) is 6.42 Å². The standard InChI is InChI=1S/C20H31N3O2/c1-4-22(5-2)19(24)17-6-8-18(9-7-17)20(25)23-14-11-16(12-15-23)10-13-21-3/h6-9,16,21H,4-5,10-15H2,1-3H3. The Labute approximate surface area is 151 Å². The maximum Gasteiger partial charge on any atom is 0.253 e. The molecule has 0 bridgehead atoms. The number of rotatable bonds is 7. The van der Waals surface area contributed by atoms with Crippen LogP contribution in [-0.4, -0.2) is 61.4 Å². The van der Waals surface area contributed by atoms with Gasteiger partial charge in [-0.3, -0.25) is 9.59 Å². The number of hydrogen-bond acceptors (Lipinski definition) is 3. The zero-order valence-corrected chi connectivity index (χ0v) is 15.8. The van der Waals surface area contributed by atoms with Crippen molar-refractivity contribution >= 4 is 11.8 Å². The van der Waals surface area contributed by atoms with Crippen LogP contribution in [0, 0.1) is 5.92 Å². The normalized spacial score (nSPS) is 15.2. The molecule has 1 aromatic rings. The van der Waals surface area contributed by atoms with Gasteiger partial charge in [0.15, 0.2) is 0 Å². The summed E-state index contributed by atoms with van der Waals surface area (Å²) in [6, 6.07) is 7.11. The van der Waals surface area contributed by atoms with E-state index in [0.717, 1.165) is 32.5 Å². The SMILES string of the molecule is CCN(CC)C(=O)c1ccc(C(=O)N2CCC(CCNC)CC2)cc1. The second-order valence-electron chi connectivity index (χ2n) is 6.68. The molecule has 1 fully saturated rings. The highest BCUT2D eigenvalue weighted by Gasteiger charge is 2.23. The molecule has 1 saturated heterocycles. The van der Waals surface area contributed by atoms with Crippen molar-refractivity contribution in [2.24, 2.45) is 5.92 Å². The Morgan fingerprint density at radius 3 is 2.16 bits per heavy atom. The Hall–Kier alpha value is -1.88. The maximum absolute atomic E-state index is 12.7. The van der Waals surface area contributed by atoms with Gasteiger partial charge in [-0.05, 0) is 76.9 Å². The Bertz CT molecular complexity index is 559. The molecule has 0 saturated carbocycles. The summed E-state index contributed by atoms with van der Waals surface area (Å²) in [5, 5.41) is 3.19. The molecule has 0 spiro atoms. The minimum Gasteiger partial charge on any atom is -0.339 e. The van der Waals surface area contributed by atoms with Gasteiger partial charge < -0.3 is 15.1 Å². The topological polar surface area (TPSA) is 52.7 Å². The number of hydrogen-bond donors (Lipinski definition) is 1. The summed E-state index contributed by atoms with van der Waals surface area (Å²) < 4.78 is 0. The lowest BCUT2D eigenvalue weighted by atomic mass is 9.93. The van der Waals surface area contributed by atoms with Crippen molar-refractivity contribution in [3.63, 3.8) is 0 Å². The van der Waals surface area contributed by atoms with Crippen molar-refractivity contribution in [1.29, 1.82) is 0 Å². The van der Waals surface area contributed by atoms with E-state index in [1.807, 2.05) is 25.8 Å². The molecule has 0 atom stereocenters. The molecular weight excluding hydrogens is 314 g/mol. The van der Waals surface area contributed by atoms with Gasteiger partial charge in [0.25, 0.3) is 11.8 Å². The molecule has 1 heterocycles. The number of likely N-dealkylation sites (tertiary alicyclic amines) is 1. The van der Waals surface area contributed by atoms with E-state index in [0.29, 0.717) is 30.1 Å². The molecular formula is C20H31N3O2. The van der Waals surface area contributed by atoms with Crippen LogP contribution in [0.4, 0.5) is 0 Å². The predicted molar refractivity (Wildman–Crippen MR) is 101 cm³/mol. The molecule has 0 aliphatic carbocycles. The Kier molecular flexibility index (Phi) is 7.44. The molecule has 0 aromatic heterocycles. The summed E-state index contributed by atoms with van der Waals surface area (Å²) in [7, 11) is 1.98. The number of nitrogens with zero attached hydrogens (tertiary/aromatic N) is 2. The number of carbonyl (C=O) groups excluding carboxylic acids is 2. The van der Waals surface area contributed by atoms with E-state index < -0.39 is 0 Å². The Morgan fingerprint density at radius 1 is 1.08 bits per heavy atom. The third-order valence-corrected chi connectivity index (χ3v) is 5.13. The fourth-order valence-electron chi connectivity index (χ4n) is 3.40. The monoisotopic (exact) mass is 345 g/mol. The van der Waals surface area contributed by atoms with E-state index in [4.69, 9.17) is 0 Å². The first-order chi connectivity index (χ1) is 12.1. The van der Waals surface area contributed by atoms with Crippen LogP contribution in [0.2, 0.25) is 0 Å². The number of carbonyl (C=O) groups is 2. The van der Waals surface area contributed by atoms with Crippen molar-refractivity contribution in [3.05, 3.63) is 35.4 Å². The van der Waals surface area contributed by atoms with E-state index in [1.54, 1.807) is 29.2 Å². The van der Waals surface area contributed by atoms with Crippen LogP contribution >= 0.6 is 0 Å². The zero-order chi connectivity index (χ0) is 18.2. The minimum absolute atomic E-state index is 0.0225. The smallest absolute Gasteiger partial charge is 0.253 e. The summed E-state index contributed by atoms with van der Waals surface area (Å²) in [6.45, 7) is 8.03. The van der Waals surface area contributed by atoms with Gasteiger partial charge in [-0.25, -0.2) is 0 Å². The zero-order valence-electron chi connectivity index (χ0n) is 15.8. The molecule has 5 nitrogen and oxygen atoms in total. The van der Waals surface area contributed by atoms with Crippen LogP contribution in [0.15, 0.2) is 24.3 Å². The lowest BCUT2D eigenvalue weighted by Gasteiger charge is -2.32. The molecule has 1 N–H and O–H groups in total. The summed E-state index contributed by atoms with van der Waals surface area (Å²) in [4.78, 5) is 28.7. The lowest BCUT2D eigenvalue weighted by molar-refractivity contribution is 0.0685. The van der Waals surface area contributed by atoms with Gasteiger partial charge in [0, 0.05) is 37.3 Å². The van der Waals surface area contributed by atoms with E-state index in [2.05, 4.69) is 5.32 Å². The van der Waals surface area contributed by atoms with Crippen molar-refractivity contribution < 1.29 is 9.59 Å². The molecule has 5 heteroatoms. The van der Waals surface area contributed by atoms with Crippen molar-refractivity contribution in [1.82, 2.24) is 15.1 Å². The average Bonchev–Trinajstić information content (AvgIpc) is 2.67. The van der Waals surface area contributed by atoms with Gasteiger partial charge in [0.1, 0.15) is 0 Å². The first-order valence-electron chi connectivity index (χ1n) is 9.43. The molecule has 2 amide bonds. The van der Waals surface area contributed by atoms with Crippen LogP contribution in [-0.2, 0) is 0 Å². The quantitative estimate of drug-likeness (QED) is 0.826. The number of benzene rings is 1. The number of piperidine rings is 1. The third kappa shape index (κ3) is 5.05. The van der Waals surface area contributed by atoms with Crippen LogP contribution in [0.25, 0.3) is 0 Å². The highest BCUT2D eigenvalue weighted by molar-refractivity contribution is 5.97. The highest BCUT2D eigenvalue weighted by Crippen LogP contribution is 2.21. The fourth-order valence-corrected chi connectivity index (χ4v) is 3.40. The van der Waals surface area contributed by atoms with Crippen molar-refractivity contribution in [3.8, 4) is 0 Å². The molecule has 2 rings (SSSR count). The lowest BCUT2D eigenvalue weighted by Crippen LogP contribution is -2.39. The maximum atomic E-state index is 12.7. The molecule has 0 unspecified atom stereocenters. The highest BCUT2D eigenvalue weighted by atomic mass is 16.2. The van der Waals surface area contributed by atoms with E-state index >= 15 is 0 Å². The molecule has 1 aromatic carbocycles. The second kappa shape index (κ2) is 9.56. The molecule has 25 heavy (non-hydrogen) atoms. The molecule has 1 aliphatic heterocycles. The first kappa shape index (κ1) is 19.4. The number of nitrogens with one attached hydrogen (secondary N) is 1. The first-order valence-corrected chi connectivity index (χ1v) is 9.43. The Balaban J connectivity index is 1.94. The Morgan fingerprint density at radius 2 is 1.64 bits per heavy atom. The van der Waals surface area contributed by atoms with Gasteiger partial charge in [0.2, 0.25) is 0 Å².